The van der Waals surface area contributed by atoms with E-state index in [2.05, 4.69) is 20.3 Å². The van der Waals surface area contributed by atoms with Gasteiger partial charge >= 0.3 is 0 Å². The third-order valence-corrected chi connectivity index (χ3v) is 5.39. The topological polar surface area (TPSA) is 102 Å². The number of nitrogens with one attached hydrogen (secondary N) is 1. The smallest absolute Gasteiger partial charge is 0.292 e. The summed E-state index contributed by atoms with van der Waals surface area (Å²) >= 11 is 6.31. The SMILES string of the molecule is Nc1nc(C(=O)Cc2cc(-c3cnn(CCN4CCNCC4)c3)ccc2Cl)co1. The van der Waals surface area contributed by atoms with E-state index in [4.69, 9.17) is 21.8 Å². The molecule has 0 aliphatic carbocycles. The Balaban J connectivity index is 1.44. The number of piperazine rings is 1. The van der Waals surface area contributed by atoms with Gasteiger partial charge in [-0.25, -0.2) is 0 Å². The zero-order valence-corrected chi connectivity index (χ0v) is 16.7. The van der Waals surface area contributed by atoms with Crippen molar-refractivity contribution in [2.45, 2.75) is 13.0 Å². The van der Waals surface area contributed by atoms with Crippen molar-refractivity contribution >= 4 is 23.4 Å². The molecule has 9 heteroatoms. The van der Waals surface area contributed by atoms with Gasteiger partial charge in [-0.05, 0) is 23.3 Å². The highest BCUT2D eigenvalue weighted by Crippen LogP contribution is 2.26. The first-order valence-electron chi connectivity index (χ1n) is 9.57. The van der Waals surface area contributed by atoms with Crippen LogP contribution in [0.5, 0.6) is 0 Å². The second kappa shape index (κ2) is 8.77. The van der Waals surface area contributed by atoms with Crippen LogP contribution in [0, 0.1) is 0 Å². The molecule has 152 valence electrons. The number of hydrogen-bond acceptors (Lipinski definition) is 7. The Morgan fingerprint density at radius 3 is 2.83 bits per heavy atom. The Hall–Kier alpha value is -2.68. The van der Waals surface area contributed by atoms with Gasteiger partial charge in [-0.3, -0.25) is 14.4 Å². The van der Waals surface area contributed by atoms with E-state index in [1.807, 2.05) is 29.2 Å². The maximum absolute atomic E-state index is 12.4. The molecule has 4 rings (SSSR count). The number of Topliss-reactive ketones (excluding diaryl/α,β-unsaturated/α-hetero) is 1. The van der Waals surface area contributed by atoms with E-state index in [9.17, 15) is 4.79 Å². The van der Waals surface area contributed by atoms with E-state index in [1.54, 1.807) is 6.07 Å². The fraction of sp³-hybridized carbons (Fsp3) is 0.350. The van der Waals surface area contributed by atoms with Crippen LogP contribution in [-0.2, 0) is 13.0 Å². The van der Waals surface area contributed by atoms with Crippen LogP contribution in [0.15, 0.2) is 41.3 Å². The van der Waals surface area contributed by atoms with Crippen molar-refractivity contribution in [3.8, 4) is 11.1 Å². The van der Waals surface area contributed by atoms with Gasteiger partial charge in [0.15, 0.2) is 5.78 Å². The van der Waals surface area contributed by atoms with E-state index < -0.39 is 0 Å². The average Bonchev–Trinajstić information content (AvgIpc) is 3.38. The molecule has 1 aliphatic rings. The first-order chi connectivity index (χ1) is 14.1. The number of nitrogen functional groups attached to an aromatic ring is 1. The monoisotopic (exact) mass is 414 g/mol. The van der Waals surface area contributed by atoms with Gasteiger partial charge in [0.05, 0.1) is 12.7 Å². The molecular weight excluding hydrogens is 392 g/mol. The molecule has 0 saturated carbocycles. The number of nitrogens with zero attached hydrogens (tertiary/aromatic N) is 4. The summed E-state index contributed by atoms with van der Waals surface area (Å²) in [6.07, 6.45) is 5.24. The third-order valence-electron chi connectivity index (χ3n) is 5.03. The molecule has 0 bridgehead atoms. The summed E-state index contributed by atoms with van der Waals surface area (Å²) in [6.45, 7) is 6.03. The highest BCUT2D eigenvalue weighted by Gasteiger charge is 2.15. The standard InChI is InChI=1S/C20H23ClN6O2/c21-17-2-1-14(9-15(17)10-19(28)18-13-29-20(22)25-18)16-11-24-27(12-16)8-7-26-5-3-23-4-6-26/h1-2,9,11-13,23H,3-8,10H2,(H2,22,25). The first-order valence-corrected chi connectivity index (χ1v) is 9.95. The van der Waals surface area contributed by atoms with E-state index in [0.717, 1.165) is 56.0 Å². The van der Waals surface area contributed by atoms with Crippen molar-refractivity contribution in [1.29, 1.82) is 0 Å². The molecule has 0 radical (unpaired) electrons. The van der Waals surface area contributed by atoms with Crippen molar-refractivity contribution in [2.24, 2.45) is 0 Å². The Kier molecular flexibility index (Phi) is 5.94. The lowest BCUT2D eigenvalue weighted by atomic mass is 10.0. The van der Waals surface area contributed by atoms with Crippen LogP contribution in [-0.4, -0.2) is 58.2 Å². The van der Waals surface area contributed by atoms with Crippen LogP contribution >= 0.6 is 11.6 Å². The predicted octanol–water partition coefficient (Wildman–Crippen LogP) is 2.10. The van der Waals surface area contributed by atoms with Crippen LogP contribution in [0.2, 0.25) is 5.02 Å². The molecule has 3 aromatic rings. The number of nitrogens with two attached hydrogens (primary N) is 1. The van der Waals surface area contributed by atoms with Gasteiger partial charge in [0, 0.05) is 55.9 Å². The highest BCUT2D eigenvalue weighted by molar-refractivity contribution is 6.31. The van der Waals surface area contributed by atoms with Gasteiger partial charge < -0.3 is 15.5 Å². The number of carbonyl (C=O) groups excluding carboxylic acids is 1. The van der Waals surface area contributed by atoms with Gasteiger partial charge in [-0.15, -0.1) is 0 Å². The molecule has 3 heterocycles. The number of anilines is 1. The minimum atomic E-state index is -0.198. The van der Waals surface area contributed by atoms with Crippen molar-refractivity contribution in [3.63, 3.8) is 0 Å². The number of rotatable bonds is 7. The summed E-state index contributed by atoms with van der Waals surface area (Å²) in [5.41, 5.74) is 8.32. The summed E-state index contributed by atoms with van der Waals surface area (Å²) in [5, 5.41) is 8.37. The van der Waals surface area contributed by atoms with Crippen molar-refractivity contribution < 1.29 is 9.21 Å². The molecule has 0 atom stereocenters. The molecule has 1 saturated heterocycles. The minimum Gasteiger partial charge on any atom is -0.432 e. The fourth-order valence-corrected chi connectivity index (χ4v) is 3.57. The molecule has 0 amide bonds. The van der Waals surface area contributed by atoms with Crippen LogP contribution < -0.4 is 11.1 Å². The Labute approximate surface area is 173 Å². The maximum Gasteiger partial charge on any atom is 0.292 e. The lowest BCUT2D eigenvalue weighted by Gasteiger charge is -2.26. The largest absolute Gasteiger partial charge is 0.432 e. The average molecular weight is 415 g/mol. The second-order valence-corrected chi connectivity index (χ2v) is 7.47. The molecule has 0 unspecified atom stereocenters. The summed E-state index contributed by atoms with van der Waals surface area (Å²) in [5.74, 6) is -0.198. The first kappa shape index (κ1) is 19.6. The summed E-state index contributed by atoms with van der Waals surface area (Å²) in [4.78, 5) is 18.7. The van der Waals surface area contributed by atoms with Gasteiger partial charge in [0.1, 0.15) is 12.0 Å². The molecule has 3 N–H and O–H groups in total. The number of aromatic nitrogens is 3. The number of benzene rings is 1. The molecule has 1 fully saturated rings. The summed E-state index contributed by atoms with van der Waals surface area (Å²) in [6, 6.07) is 5.62. The molecule has 1 aliphatic heterocycles. The Morgan fingerprint density at radius 1 is 1.24 bits per heavy atom. The molecule has 0 spiro atoms. The summed E-state index contributed by atoms with van der Waals surface area (Å²) in [7, 11) is 0. The number of carbonyl (C=O) groups is 1. The van der Waals surface area contributed by atoms with Crippen LogP contribution in [0.4, 0.5) is 6.01 Å². The zero-order valence-electron chi connectivity index (χ0n) is 16.0. The molecular formula is C20H23ClN6O2. The van der Waals surface area contributed by atoms with E-state index >= 15 is 0 Å². The number of ketones is 1. The third kappa shape index (κ3) is 4.84. The Bertz CT molecular complexity index is 993. The Morgan fingerprint density at radius 2 is 2.07 bits per heavy atom. The molecule has 8 nitrogen and oxygen atoms in total. The number of halogens is 1. The predicted molar refractivity (Wildman–Crippen MR) is 111 cm³/mol. The lowest BCUT2D eigenvalue weighted by molar-refractivity contribution is 0.0988. The molecule has 2 aromatic heterocycles. The van der Waals surface area contributed by atoms with Crippen molar-refractivity contribution in [3.05, 3.63) is 53.1 Å². The van der Waals surface area contributed by atoms with E-state index in [-0.39, 0.29) is 23.9 Å². The van der Waals surface area contributed by atoms with Gasteiger partial charge in [-0.1, -0.05) is 17.7 Å². The van der Waals surface area contributed by atoms with Crippen LogP contribution in [0.3, 0.4) is 0 Å². The van der Waals surface area contributed by atoms with Gasteiger partial charge in [0.2, 0.25) is 0 Å². The highest BCUT2D eigenvalue weighted by atomic mass is 35.5. The van der Waals surface area contributed by atoms with E-state index in [0.29, 0.717) is 5.02 Å². The number of hydrogen-bond donors (Lipinski definition) is 2. The van der Waals surface area contributed by atoms with Gasteiger partial charge in [0.25, 0.3) is 6.01 Å². The number of oxazole rings is 1. The van der Waals surface area contributed by atoms with Crippen molar-refractivity contribution in [1.82, 2.24) is 25.0 Å². The molecule has 29 heavy (non-hydrogen) atoms. The summed E-state index contributed by atoms with van der Waals surface area (Å²) < 4.78 is 6.86. The molecule has 1 aromatic carbocycles. The van der Waals surface area contributed by atoms with E-state index in [1.165, 1.54) is 6.26 Å². The fourth-order valence-electron chi connectivity index (χ4n) is 3.38. The van der Waals surface area contributed by atoms with Crippen LogP contribution in [0.25, 0.3) is 11.1 Å². The normalized spacial score (nSPS) is 14.9. The van der Waals surface area contributed by atoms with Crippen molar-refractivity contribution in [2.75, 3.05) is 38.5 Å². The van der Waals surface area contributed by atoms with Gasteiger partial charge in [-0.2, -0.15) is 10.1 Å². The van der Waals surface area contributed by atoms with Crippen LogP contribution in [0.1, 0.15) is 16.1 Å². The quantitative estimate of drug-likeness (QED) is 0.571. The minimum absolute atomic E-state index is 0.0265. The lowest BCUT2D eigenvalue weighted by Crippen LogP contribution is -2.44. The second-order valence-electron chi connectivity index (χ2n) is 7.06. The maximum atomic E-state index is 12.4. The zero-order chi connectivity index (χ0) is 20.2.